The number of benzene rings is 3. The van der Waals surface area contributed by atoms with Gasteiger partial charge in [0.1, 0.15) is 18.6 Å². The first-order valence-electron chi connectivity index (χ1n) is 10.4. The maximum Gasteiger partial charge on any atom is 0.152 e. The molecule has 1 aliphatic carbocycles. The number of hydrogen-bond donors (Lipinski definition) is 0. The summed E-state index contributed by atoms with van der Waals surface area (Å²) in [6.07, 6.45) is 9.21. The number of ether oxygens (including phenoxy) is 1. The summed E-state index contributed by atoms with van der Waals surface area (Å²) in [7, 11) is 0. The summed E-state index contributed by atoms with van der Waals surface area (Å²) >= 11 is 5.01. The molecule has 0 amide bonds. The van der Waals surface area contributed by atoms with Crippen molar-refractivity contribution in [3.8, 4) is 16.9 Å². The molecule has 4 rings (SSSR count). The first-order chi connectivity index (χ1) is 14.6. The minimum absolute atomic E-state index is 0.415. The first-order valence-corrected chi connectivity index (χ1v) is 12.3. The van der Waals surface area contributed by atoms with Crippen molar-refractivity contribution in [2.75, 3.05) is 6.26 Å². The van der Waals surface area contributed by atoms with Crippen molar-refractivity contribution < 1.29 is 9.29 Å². The predicted molar refractivity (Wildman–Crippen MR) is 126 cm³/mol. The summed E-state index contributed by atoms with van der Waals surface area (Å²) < 4.78 is 18.1. The zero-order valence-corrected chi connectivity index (χ0v) is 18.7. The molecule has 0 N–H and O–H groups in total. The van der Waals surface area contributed by atoms with E-state index in [2.05, 4.69) is 30.7 Å². The molecule has 3 aromatic rings. The van der Waals surface area contributed by atoms with Crippen molar-refractivity contribution in [2.45, 2.75) is 43.1 Å². The Bertz CT molecular complexity index is 961. The van der Waals surface area contributed by atoms with E-state index in [0.717, 1.165) is 27.3 Å². The molecule has 30 heavy (non-hydrogen) atoms. The first kappa shape index (κ1) is 21.3. The van der Waals surface area contributed by atoms with E-state index < -0.39 is 11.2 Å². The van der Waals surface area contributed by atoms with E-state index in [1.165, 1.54) is 31.2 Å². The highest BCUT2D eigenvalue weighted by atomic mass is 35.5. The molecule has 3 aromatic carbocycles. The van der Waals surface area contributed by atoms with Crippen LogP contribution in [-0.2, 0) is 17.8 Å². The van der Waals surface area contributed by atoms with E-state index in [1.54, 1.807) is 6.26 Å². The second kappa shape index (κ2) is 9.91. The van der Waals surface area contributed by atoms with Gasteiger partial charge in [-0.3, -0.25) is 0 Å². The van der Waals surface area contributed by atoms with E-state index in [-0.39, 0.29) is 0 Å². The van der Waals surface area contributed by atoms with Crippen LogP contribution in [0.2, 0.25) is 5.02 Å². The van der Waals surface area contributed by atoms with Gasteiger partial charge in [0, 0.05) is 16.7 Å². The zero-order chi connectivity index (χ0) is 20.9. The molecule has 2 nitrogen and oxygen atoms in total. The fourth-order valence-corrected chi connectivity index (χ4v) is 4.69. The van der Waals surface area contributed by atoms with E-state index in [1.807, 2.05) is 42.5 Å². The lowest BCUT2D eigenvalue weighted by molar-refractivity contribution is 0.306. The van der Waals surface area contributed by atoms with Gasteiger partial charge < -0.3 is 9.29 Å². The molecule has 2 atom stereocenters. The Morgan fingerprint density at radius 1 is 1.00 bits per heavy atom. The maximum absolute atomic E-state index is 12.0. The fourth-order valence-electron chi connectivity index (χ4n) is 4.00. The third-order valence-electron chi connectivity index (χ3n) is 5.69. The highest BCUT2D eigenvalue weighted by Gasteiger charge is 2.16. The molecular weight excluding hydrogens is 412 g/mol. The van der Waals surface area contributed by atoms with Gasteiger partial charge in [0.05, 0.1) is 0 Å². The van der Waals surface area contributed by atoms with Crippen LogP contribution >= 0.6 is 11.6 Å². The van der Waals surface area contributed by atoms with Gasteiger partial charge >= 0.3 is 0 Å². The Balaban J connectivity index is 1.52. The summed E-state index contributed by atoms with van der Waals surface area (Å²) in [6.45, 7) is 0.415. The summed E-state index contributed by atoms with van der Waals surface area (Å²) in [5, 5.41) is 0.707. The van der Waals surface area contributed by atoms with Crippen molar-refractivity contribution in [3.63, 3.8) is 0 Å². The quantitative estimate of drug-likeness (QED) is 0.382. The lowest BCUT2D eigenvalue weighted by Crippen LogP contribution is -2.05. The molecule has 0 heterocycles. The van der Waals surface area contributed by atoms with Crippen molar-refractivity contribution >= 4 is 22.8 Å². The summed E-state index contributed by atoms with van der Waals surface area (Å²) in [4.78, 5) is 0.800. The Morgan fingerprint density at radius 3 is 2.43 bits per heavy atom. The monoisotopic (exact) mass is 437 g/mol. The maximum atomic E-state index is 12.0. The Kier molecular flexibility index (Phi) is 7.04. The molecule has 2 unspecified atom stereocenters. The van der Waals surface area contributed by atoms with Gasteiger partial charge in [-0.15, -0.1) is 0 Å². The second-order valence-corrected chi connectivity index (χ2v) is 9.58. The van der Waals surface area contributed by atoms with E-state index in [0.29, 0.717) is 17.5 Å². The molecule has 1 fully saturated rings. The average molecular weight is 438 g/mol. The van der Waals surface area contributed by atoms with Crippen LogP contribution in [0.1, 0.15) is 42.7 Å². The van der Waals surface area contributed by atoms with Crippen LogP contribution in [0, 0.1) is 6.42 Å². The van der Waals surface area contributed by atoms with Crippen molar-refractivity contribution in [1.29, 1.82) is 0 Å². The van der Waals surface area contributed by atoms with Gasteiger partial charge in [-0.05, 0) is 89.4 Å². The SMILES string of the molecule is C[S+]([O-])c1ccc(-c2ccc(Cl)cc2)c(COc2ccc(C3[CH]CCCC3)cc2)c1. The molecule has 0 aliphatic heterocycles. The lowest BCUT2D eigenvalue weighted by Gasteiger charge is -2.21. The highest BCUT2D eigenvalue weighted by Crippen LogP contribution is 2.33. The van der Waals surface area contributed by atoms with Crippen LogP contribution < -0.4 is 4.74 Å². The summed E-state index contributed by atoms with van der Waals surface area (Å²) in [5.41, 5.74) is 4.51. The molecule has 0 spiro atoms. The van der Waals surface area contributed by atoms with Crippen LogP contribution in [0.5, 0.6) is 5.75 Å². The molecule has 1 radical (unpaired) electrons. The molecule has 0 aromatic heterocycles. The molecule has 1 saturated carbocycles. The Morgan fingerprint density at radius 2 is 1.77 bits per heavy atom. The van der Waals surface area contributed by atoms with Crippen LogP contribution in [-0.4, -0.2) is 10.8 Å². The van der Waals surface area contributed by atoms with Crippen molar-refractivity contribution in [3.05, 3.63) is 89.3 Å². The topological polar surface area (TPSA) is 32.3 Å². The normalized spacial score (nSPS) is 15.7. The lowest BCUT2D eigenvalue weighted by atomic mass is 9.84. The molecule has 155 valence electrons. The van der Waals surface area contributed by atoms with Gasteiger partial charge in [0.2, 0.25) is 0 Å². The van der Waals surface area contributed by atoms with Crippen LogP contribution in [0.3, 0.4) is 0 Å². The van der Waals surface area contributed by atoms with Crippen LogP contribution in [0.25, 0.3) is 11.1 Å². The fraction of sp³-hybridized carbons (Fsp3) is 0.269. The van der Waals surface area contributed by atoms with Crippen LogP contribution in [0.4, 0.5) is 0 Å². The van der Waals surface area contributed by atoms with Gasteiger partial charge in [-0.25, -0.2) is 0 Å². The third-order valence-corrected chi connectivity index (χ3v) is 6.86. The standard InChI is InChI=1S/C26H26ClO2S/c1-30(28)25-15-16-26(21-7-11-23(27)12-8-21)22(17-25)18-29-24-13-9-20(10-14-24)19-5-3-2-4-6-19/h5,7-17,19H,2-4,6,18H2,1H3. The largest absolute Gasteiger partial charge is 0.612 e. The van der Waals surface area contributed by atoms with Crippen LogP contribution in [0.15, 0.2) is 71.6 Å². The minimum atomic E-state index is -1.04. The van der Waals surface area contributed by atoms with Gasteiger partial charge in [-0.1, -0.05) is 48.7 Å². The number of rotatable bonds is 6. The van der Waals surface area contributed by atoms with Crippen molar-refractivity contribution in [2.24, 2.45) is 0 Å². The van der Waals surface area contributed by atoms with Gasteiger partial charge in [-0.2, -0.15) is 0 Å². The summed E-state index contributed by atoms with van der Waals surface area (Å²) in [5.74, 6) is 1.42. The molecule has 0 bridgehead atoms. The second-order valence-electron chi connectivity index (χ2n) is 7.76. The Labute approximate surface area is 187 Å². The minimum Gasteiger partial charge on any atom is -0.612 e. The van der Waals surface area contributed by atoms with E-state index in [4.69, 9.17) is 16.3 Å². The number of hydrogen-bond acceptors (Lipinski definition) is 2. The number of halogens is 1. The van der Waals surface area contributed by atoms with Gasteiger partial charge in [0.25, 0.3) is 0 Å². The Hall–Kier alpha value is -1.94. The van der Waals surface area contributed by atoms with Gasteiger partial charge in [0.15, 0.2) is 4.90 Å². The smallest absolute Gasteiger partial charge is 0.152 e. The van der Waals surface area contributed by atoms with Crippen molar-refractivity contribution in [1.82, 2.24) is 0 Å². The van der Waals surface area contributed by atoms with E-state index >= 15 is 0 Å². The molecule has 0 saturated heterocycles. The highest BCUT2D eigenvalue weighted by molar-refractivity contribution is 7.90. The average Bonchev–Trinajstić information content (AvgIpc) is 2.79. The summed E-state index contributed by atoms with van der Waals surface area (Å²) in [6, 6.07) is 22.1. The molecule has 4 heteroatoms. The predicted octanol–water partition coefficient (Wildman–Crippen LogP) is 7.19. The zero-order valence-electron chi connectivity index (χ0n) is 17.1. The molecular formula is C26H26ClO2S. The van der Waals surface area contributed by atoms with E-state index in [9.17, 15) is 4.55 Å². The molecule has 1 aliphatic rings. The third kappa shape index (κ3) is 5.21.